The first kappa shape index (κ1) is 17.7. The predicted octanol–water partition coefficient (Wildman–Crippen LogP) is 2.67. The summed E-state index contributed by atoms with van der Waals surface area (Å²) in [7, 11) is -2.00. The molecule has 0 spiro atoms. The van der Waals surface area contributed by atoms with Crippen LogP contribution < -0.4 is 11.3 Å². The van der Waals surface area contributed by atoms with Crippen molar-refractivity contribution in [3.8, 4) is 5.75 Å². The molecule has 23 heavy (non-hydrogen) atoms. The fraction of sp³-hybridized carbons (Fsp3) is 0.471. The minimum Gasteiger partial charge on any atom is -0.506 e. The van der Waals surface area contributed by atoms with Gasteiger partial charge in [0.15, 0.2) is 0 Å². The second-order valence-electron chi connectivity index (χ2n) is 7.14. The summed E-state index contributed by atoms with van der Waals surface area (Å²) in [5.41, 5.74) is 7.25. The first-order valence-electron chi connectivity index (χ1n) is 7.86. The number of H-pyrrole nitrogens is 1. The van der Waals surface area contributed by atoms with Gasteiger partial charge in [0.25, 0.3) is 0 Å². The van der Waals surface area contributed by atoms with Crippen LogP contribution >= 0.6 is 0 Å². The van der Waals surface area contributed by atoms with Gasteiger partial charge in [-0.15, -0.1) is 0 Å². The number of phenolic OH excluding ortho intramolecular Hbond substituents is 1. The number of nitrogens with two attached hydrogens (primary N) is 1. The summed E-state index contributed by atoms with van der Waals surface area (Å²) >= 11 is 0. The highest BCUT2D eigenvalue weighted by molar-refractivity contribution is 6.75. The van der Waals surface area contributed by atoms with E-state index in [0.717, 1.165) is 10.9 Å². The van der Waals surface area contributed by atoms with Crippen molar-refractivity contribution in [1.29, 1.82) is 0 Å². The molecule has 0 amide bonds. The fourth-order valence-electron chi connectivity index (χ4n) is 2.48. The van der Waals surface area contributed by atoms with Crippen LogP contribution in [0, 0.1) is 0 Å². The number of fused-ring (bicyclic) bond motifs is 1. The Morgan fingerprint density at radius 1 is 1.26 bits per heavy atom. The smallest absolute Gasteiger partial charge is 0.248 e. The topological polar surface area (TPSA) is 88.3 Å². The second-order valence-corrected chi connectivity index (χ2v) is 11.8. The van der Waals surface area contributed by atoms with Gasteiger partial charge >= 0.3 is 0 Å². The molecule has 0 radical (unpaired) electrons. The first-order valence-corrected chi connectivity index (χ1v) is 10.5. The monoisotopic (exact) mass is 334 g/mol. The highest BCUT2D eigenvalue weighted by Crippen LogP contribution is 2.36. The zero-order valence-corrected chi connectivity index (χ0v) is 15.3. The lowest BCUT2D eigenvalue weighted by Crippen LogP contribution is -2.51. The Labute approximate surface area is 137 Å². The Balaban J connectivity index is 2.21. The maximum atomic E-state index is 11.4. The minimum atomic E-state index is -2.00. The van der Waals surface area contributed by atoms with Crippen molar-refractivity contribution in [1.82, 2.24) is 4.98 Å². The van der Waals surface area contributed by atoms with E-state index in [0.29, 0.717) is 24.7 Å². The zero-order valence-electron chi connectivity index (χ0n) is 14.3. The lowest BCUT2D eigenvalue weighted by molar-refractivity contribution is 0.287. The van der Waals surface area contributed by atoms with Crippen LogP contribution in [0.15, 0.2) is 29.1 Å². The number of phenols is 1. The molecule has 1 unspecified atom stereocenters. The average molecular weight is 334 g/mol. The maximum Gasteiger partial charge on any atom is 0.248 e. The standard InChI is InChI=1S/C17H26N2O3Si/c1-17(2,3)23(4,11-18)22-10-9-12-5-7-14(20)16-13(12)6-8-15(21)19-16/h5-8,20H,9-11,18H2,1-4H3,(H,19,21). The number of hydrogen-bond donors (Lipinski definition) is 3. The quantitative estimate of drug-likeness (QED) is 0.734. The van der Waals surface area contributed by atoms with Gasteiger partial charge in [0.2, 0.25) is 13.9 Å². The third-order valence-corrected chi connectivity index (χ3v) is 9.52. The van der Waals surface area contributed by atoms with Gasteiger partial charge in [-0.25, -0.2) is 0 Å². The number of nitrogens with one attached hydrogen (secondary N) is 1. The van der Waals surface area contributed by atoms with Gasteiger partial charge in [-0.05, 0) is 35.7 Å². The molecule has 0 aliphatic rings. The van der Waals surface area contributed by atoms with Crippen molar-refractivity contribution in [2.75, 3.05) is 12.8 Å². The predicted molar refractivity (Wildman–Crippen MR) is 96.3 cm³/mol. The van der Waals surface area contributed by atoms with Crippen molar-refractivity contribution < 1.29 is 9.53 Å². The van der Waals surface area contributed by atoms with E-state index in [1.165, 1.54) is 6.07 Å². The number of rotatable bonds is 5. The van der Waals surface area contributed by atoms with E-state index < -0.39 is 8.32 Å². The Morgan fingerprint density at radius 2 is 1.96 bits per heavy atom. The van der Waals surface area contributed by atoms with Crippen molar-refractivity contribution in [2.24, 2.45) is 5.73 Å². The highest BCUT2D eigenvalue weighted by Gasteiger charge is 2.40. The summed E-state index contributed by atoms with van der Waals surface area (Å²) in [6.07, 6.45) is 1.29. The van der Waals surface area contributed by atoms with Gasteiger partial charge in [0.05, 0.1) is 5.52 Å². The molecule has 126 valence electrons. The summed E-state index contributed by atoms with van der Waals surface area (Å²) < 4.78 is 6.23. The summed E-state index contributed by atoms with van der Waals surface area (Å²) in [6.45, 7) is 9.27. The molecule has 6 heteroatoms. The molecule has 0 saturated heterocycles. The Bertz CT molecular complexity index is 752. The Kier molecular flexibility index (Phi) is 4.98. The SMILES string of the molecule is CC(C)(C)[Si](C)(CN)OCCc1ccc(O)c2[nH]c(=O)ccc12. The molecule has 0 fully saturated rings. The van der Waals surface area contributed by atoms with Crippen LogP contribution in [0.2, 0.25) is 11.6 Å². The van der Waals surface area contributed by atoms with Crippen molar-refractivity contribution in [2.45, 2.75) is 38.8 Å². The summed E-state index contributed by atoms with van der Waals surface area (Å²) in [5.74, 6) is 0.0817. The first-order chi connectivity index (χ1) is 10.7. The van der Waals surface area contributed by atoms with Crippen molar-refractivity contribution in [3.63, 3.8) is 0 Å². The molecule has 2 rings (SSSR count). The molecule has 1 atom stereocenters. The third-order valence-electron chi connectivity index (χ3n) is 4.73. The third kappa shape index (κ3) is 3.65. The Morgan fingerprint density at radius 3 is 2.57 bits per heavy atom. The van der Waals surface area contributed by atoms with Gasteiger partial charge < -0.3 is 20.3 Å². The highest BCUT2D eigenvalue weighted by atomic mass is 28.4. The normalized spacial score (nSPS) is 14.8. The van der Waals surface area contributed by atoms with Gasteiger partial charge in [-0.3, -0.25) is 4.79 Å². The van der Waals surface area contributed by atoms with Crippen LogP contribution in [0.5, 0.6) is 5.75 Å². The molecule has 0 aliphatic heterocycles. The van der Waals surface area contributed by atoms with E-state index in [4.69, 9.17) is 10.2 Å². The van der Waals surface area contributed by atoms with Gasteiger partial charge in [0, 0.05) is 24.2 Å². The fourth-order valence-corrected chi connectivity index (χ4v) is 4.20. The van der Waals surface area contributed by atoms with E-state index in [1.54, 1.807) is 12.1 Å². The lowest BCUT2D eigenvalue weighted by Gasteiger charge is -2.38. The number of aromatic amines is 1. The molecule has 1 aromatic carbocycles. The molecule has 1 aromatic heterocycles. The van der Waals surface area contributed by atoms with E-state index in [1.807, 2.05) is 6.07 Å². The molecular formula is C17H26N2O3Si. The molecule has 0 bridgehead atoms. The molecule has 0 aliphatic carbocycles. The summed E-state index contributed by atoms with van der Waals surface area (Å²) in [5, 5.41) is 10.8. The second kappa shape index (κ2) is 6.47. The van der Waals surface area contributed by atoms with Crippen LogP contribution in [-0.4, -0.2) is 31.2 Å². The average Bonchev–Trinajstić information content (AvgIpc) is 2.48. The zero-order chi connectivity index (χ0) is 17.3. The maximum absolute atomic E-state index is 11.4. The Hall–Kier alpha value is -1.63. The van der Waals surface area contributed by atoms with Crippen LogP contribution in [0.1, 0.15) is 26.3 Å². The summed E-state index contributed by atoms with van der Waals surface area (Å²) in [6, 6.07) is 6.70. The molecule has 2 aromatic rings. The van der Waals surface area contributed by atoms with Crippen LogP contribution in [0.3, 0.4) is 0 Å². The number of benzene rings is 1. The molecule has 4 N–H and O–H groups in total. The molecule has 1 heterocycles. The van der Waals surface area contributed by atoms with E-state index in [-0.39, 0.29) is 16.3 Å². The van der Waals surface area contributed by atoms with Gasteiger partial charge in [-0.1, -0.05) is 26.8 Å². The number of aromatic nitrogens is 1. The molecule has 5 nitrogen and oxygen atoms in total. The van der Waals surface area contributed by atoms with Crippen molar-refractivity contribution in [3.05, 3.63) is 40.2 Å². The minimum absolute atomic E-state index is 0.0734. The van der Waals surface area contributed by atoms with Crippen LogP contribution in [0.4, 0.5) is 0 Å². The van der Waals surface area contributed by atoms with Gasteiger partial charge in [0.1, 0.15) is 5.75 Å². The van der Waals surface area contributed by atoms with Crippen LogP contribution in [-0.2, 0) is 10.8 Å². The lowest BCUT2D eigenvalue weighted by atomic mass is 10.1. The number of aromatic hydroxyl groups is 1. The largest absolute Gasteiger partial charge is 0.506 e. The van der Waals surface area contributed by atoms with Crippen LogP contribution in [0.25, 0.3) is 10.9 Å². The number of pyridine rings is 1. The van der Waals surface area contributed by atoms with E-state index in [2.05, 4.69) is 32.3 Å². The molecular weight excluding hydrogens is 308 g/mol. The summed E-state index contributed by atoms with van der Waals surface area (Å²) in [4.78, 5) is 14.1. The van der Waals surface area contributed by atoms with Crippen molar-refractivity contribution >= 4 is 19.2 Å². The van der Waals surface area contributed by atoms with E-state index in [9.17, 15) is 9.90 Å². The van der Waals surface area contributed by atoms with E-state index >= 15 is 0 Å². The van der Waals surface area contributed by atoms with Gasteiger partial charge in [-0.2, -0.15) is 0 Å². The number of hydrogen-bond acceptors (Lipinski definition) is 4. The molecule has 0 saturated carbocycles.